The number of nitrogens with zero attached hydrogens (tertiary/aromatic N) is 4. The summed E-state index contributed by atoms with van der Waals surface area (Å²) in [5, 5.41) is 9.91. The van der Waals surface area contributed by atoms with Crippen LogP contribution in [0.5, 0.6) is 0 Å². The minimum atomic E-state index is -4.44. The average Bonchev–Trinajstić information content (AvgIpc) is 3.45. The van der Waals surface area contributed by atoms with Crippen LogP contribution in [-0.4, -0.2) is 61.3 Å². The van der Waals surface area contributed by atoms with Crippen molar-refractivity contribution in [2.45, 2.75) is 58.9 Å². The molecule has 0 aromatic carbocycles. The summed E-state index contributed by atoms with van der Waals surface area (Å²) in [6.07, 6.45) is -0.635. The molecule has 9 nitrogen and oxygen atoms in total. The molecule has 2 amide bonds. The number of pyridine rings is 2. The van der Waals surface area contributed by atoms with Gasteiger partial charge in [0.25, 0.3) is 5.91 Å². The van der Waals surface area contributed by atoms with Gasteiger partial charge in [0.05, 0.1) is 17.2 Å². The molecule has 1 atom stereocenters. The van der Waals surface area contributed by atoms with Crippen LogP contribution in [0.2, 0.25) is 0 Å². The summed E-state index contributed by atoms with van der Waals surface area (Å²) >= 11 is 0. The van der Waals surface area contributed by atoms with Gasteiger partial charge >= 0.3 is 12.3 Å². The molecule has 0 spiro atoms. The number of aliphatic hydroxyl groups excluding tert-OH is 1. The number of β-amino-alcohol motifs (C(OH)–C–C–N with tert-alkyl or cyclic N) is 1. The van der Waals surface area contributed by atoms with E-state index in [0.29, 0.717) is 36.2 Å². The molecule has 3 aromatic heterocycles. The van der Waals surface area contributed by atoms with Gasteiger partial charge in [0.15, 0.2) is 0 Å². The van der Waals surface area contributed by atoms with Crippen LogP contribution in [0.15, 0.2) is 42.9 Å². The van der Waals surface area contributed by atoms with E-state index in [1.807, 2.05) is 34.6 Å². The van der Waals surface area contributed by atoms with Gasteiger partial charge in [-0.3, -0.25) is 9.78 Å². The summed E-state index contributed by atoms with van der Waals surface area (Å²) in [6.45, 7) is 10.5. The molecule has 37 heavy (non-hydrogen) atoms. The standard InChI is InChI=1S/C14H9F3N4O.C9H17NO3.C2H6/c15-14(16,17)9-1-2-12(20-7-9)21-4-3-8-6-19-10(13(18)22)5-11(8)21;1-9(2,3)13-8(12)10-5-4-7(11)6-10;1-2/h1-7H,(H2,18,22);7,11H,4-6H2,1-3H3;1-2H3. The molecule has 0 saturated carbocycles. The van der Waals surface area contributed by atoms with E-state index in [1.54, 1.807) is 16.8 Å². The highest BCUT2D eigenvalue weighted by Gasteiger charge is 2.31. The van der Waals surface area contributed by atoms with Crippen molar-refractivity contribution < 1.29 is 32.6 Å². The number of ether oxygens (including phenoxy) is 1. The first-order valence-corrected chi connectivity index (χ1v) is 11.7. The first-order chi connectivity index (χ1) is 17.2. The molecule has 4 rings (SSSR count). The molecule has 0 bridgehead atoms. The highest BCUT2D eigenvalue weighted by Crippen LogP contribution is 2.29. The van der Waals surface area contributed by atoms with Crippen LogP contribution in [0.4, 0.5) is 18.0 Å². The number of likely N-dealkylation sites (tertiary alicyclic amines) is 1. The van der Waals surface area contributed by atoms with Crippen LogP contribution in [0.1, 0.15) is 57.1 Å². The summed E-state index contributed by atoms with van der Waals surface area (Å²) in [4.78, 5) is 31.8. The van der Waals surface area contributed by atoms with Crippen LogP contribution in [0.3, 0.4) is 0 Å². The lowest BCUT2D eigenvalue weighted by molar-refractivity contribution is -0.137. The summed E-state index contributed by atoms with van der Waals surface area (Å²) in [6, 6.07) is 5.39. The van der Waals surface area contributed by atoms with Crippen molar-refractivity contribution >= 4 is 22.9 Å². The van der Waals surface area contributed by atoms with E-state index in [-0.39, 0.29) is 17.9 Å². The second-order valence-corrected chi connectivity index (χ2v) is 8.95. The highest BCUT2D eigenvalue weighted by atomic mass is 19.4. The second-order valence-electron chi connectivity index (χ2n) is 8.95. The number of carbonyl (C=O) groups is 2. The van der Waals surface area contributed by atoms with Crippen molar-refractivity contribution in [3.8, 4) is 5.82 Å². The topological polar surface area (TPSA) is 124 Å². The number of primary amides is 1. The van der Waals surface area contributed by atoms with Crippen molar-refractivity contribution in [2.24, 2.45) is 5.73 Å². The van der Waals surface area contributed by atoms with Gasteiger partial charge in [-0.05, 0) is 51.5 Å². The van der Waals surface area contributed by atoms with Crippen LogP contribution in [0, 0.1) is 0 Å². The third-order valence-electron chi connectivity index (χ3n) is 4.96. The van der Waals surface area contributed by atoms with Gasteiger partial charge in [-0.25, -0.2) is 9.78 Å². The molecule has 1 aliphatic rings. The first kappa shape index (κ1) is 29.6. The van der Waals surface area contributed by atoms with E-state index in [0.717, 1.165) is 12.3 Å². The molecule has 0 radical (unpaired) electrons. The van der Waals surface area contributed by atoms with Gasteiger partial charge in [-0.2, -0.15) is 13.2 Å². The predicted molar refractivity (Wildman–Crippen MR) is 132 cm³/mol. The van der Waals surface area contributed by atoms with Gasteiger partial charge in [-0.15, -0.1) is 0 Å². The first-order valence-electron chi connectivity index (χ1n) is 11.7. The molecule has 1 saturated heterocycles. The molecule has 1 fully saturated rings. The summed E-state index contributed by atoms with van der Waals surface area (Å²) in [7, 11) is 0. The van der Waals surface area contributed by atoms with Gasteiger partial charge < -0.3 is 25.0 Å². The van der Waals surface area contributed by atoms with E-state index >= 15 is 0 Å². The second kappa shape index (κ2) is 12.0. The molecular formula is C25H32F3N5O4. The number of fused-ring (bicyclic) bond motifs is 1. The fourth-order valence-electron chi connectivity index (χ4n) is 3.29. The maximum atomic E-state index is 12.6. The third-order valence-corrected chi connectivity index (χ3v) is 4.96. The molecular weight excluding hydrogens is 491 g/mol. The number of carbonyl (C=O) groups excluding carboxylic acids is 2. The van der Waals surface area contributed by atoms with Crippen molar-refractivity contribution in [3.05, 3.63) is 54.1 Å². The molecule has 12 heteroatoms. The average molecular weight is 524 g/mol. The fourth-order valence-corrected chi connectivity index (χ4v) is 3.29. The Labute approximate surface area is 213 Å². The van der Waals surface area contributed by atoms with E-state index < -0.39 is 23.2 Å². The quantitative estimate of drug-likeness (QED) is 0.508. The minimum Gasteiger partial charge on any atom is -0.444 e. The van der Waals surface area contributed by atoms with Crippen LogP contribution in [-0.2, 0) is 10.9 Å². The fraction of sp³-hybridized carbons (Fsp3) is 0.440. The maximum absolute atomic E-state index is 12.6. The Kier molecular flexibility index (Phi) is 9.62. The number of hydrogen-bond donors (Lipinski definition) is 2. The number of halogens is 3. The highest BCUT2D eigenvalue weighted by molar-refractivity contribution is 5.94. The molecule has 202 valence electrons. The van der Waals surface area contributed by atoms with E-state index in [4.69, 9.17) is 10.5 Å². The van der Waals surface area contributed by atoms with Crippen LogP contribution in [0.25, 0.3) is 16.7 Å². The minimum absolute atomic E-state index is 0.0689. The Morgan fingerprint density at radius 1 is 1.11 bits per heavy atom. The maximum Gasteiger partial charge on any atom is 0.417 e. The molecule has 1 unspecified atom stereocenters. The lowest BCUT2D eigenvalue weighted by atomic mass is 10.2. The van der Waals surface area contributed by atoms with E-state index in [1.165, 1.54) is 23.2 Å². The number of hydrogen-bond acceptors (Lipinski definition) is 6. The Balaban J connectivity index is 0.000000275. The monoisotopic (exact) mass is 523 g/mol. The summed E-state index contributed by atoms with van der Waals surface area (Å²) < 4.78 is 44.4. The van der Waals surface area contributed by atoms with E-state index in [2.05, 4.69) is 9.97 Å². The normalized spacial score (nSPS) is 15.4. The van der Waals surface area contributed by atoms with Gasteiger partial charge in [-0.1, -0.05) is 13.8 Å². The Bertz CT molecular complexity index is 1200. The number of alkyl halides is 3. The zero-order valence-electron chi connectivity index (χ0n) is 21.4. The van der Waals surface area contributed by atoms with E-state index in [9.17, 15) is 27.9 Å². The molecule has 1 aliphatic heterocycles. The van der Waals surface area contributed by atoms with Crippen LogP contribution >= 0.6 is 0 Å². The third kappa shape index (κ3) is 8.17. The largest absolute Gasteiger partial charge is 0.444 e. The summed E-state index contributed by atoms with van der Waals surface area (Å²) in [5.74, 6) is -0.389. The zero-order valence-corrected chi connectivity index (χ0v) is 21.4. The molecule has 3 N–H and O–H groups in total. The van der Waals surface area contributed by atoms with Crippen LogP contribution < -0.4 is 5.73 Å². The SMILES string of the molecule is CC.CC(C)(C)OC(=O)N1CCC(O)C1.NC(=O)c1cc2c(ccn2-c2ccc(C(F)(F)F)cn2)cn1. The van der Waals surface area contributed by atoms with Crippen molar-refractivity contribution in [2.75, 3.05) is 13.1 Å². The number of aliphatic hydroxyl groups is 1. The van der Waals surface area contributed by atoms with Gasteiger partial charge in [0.1, 0.15) is 17.1 Å². The van der Waals surface area contributed by atoms with Crippen molar-refractivity contribution in [1.82, 2.24) is 19.4 Å². The lowest BCUT2D eigenvalue weighted by Crippen LogP contribution is -2.35. The number of aromatic nitrogens is 3. The Hall–Kier alpha value is -3.67. The zero-order chi connectivity index (χ0) is 28.0. The van der Waals surface area contributed by atoms with Crippen molar-refractivity contribution in [3.63, 3.8) is 0 Å². The number of amides is 2. The smallest absolute Gasteiger partial charge is 0.417 e. The molecule has 4 heterocycles. The molecule has 3 aromatic rings. The Morgan fingerprint density at radius 3 is 2.27 bits per heavy atom. The summed E-state index contributed by atoms with van der Waals surface area (Å²) in [5.41, 5.74) is 4.55. The lowest BCUT2D eigenvalue weighted by Gasteiger charge is -2.24. The Morgan fingerprint density at radius 2 is 1.78 bits per heavy atom. The van der Waals surface area contributed by atoms with Crippen molar-refractivity contribution in [1.29, 1.82) is 0 Å². The molecule has 0 aliphatic carbocycles. The number of nitrogens with two attached hydrogens (primary N) is 1. The van der Waals surface area contributed by atoms with Gasteiger partial charge in [0.2, 0.25) is 0 Å². The van der Waals surface area contributed by atoms with Gasteiger partial charge in [0, 0.05) is 37.1 Å². The predicted octanol–water partition coefficient (Wildman–Crippen LogP) is 4.55. The number of rotatable bonds is 2.